The standard InChI is InChI=1S/C18H26N2O3S/c1-4-13-20(3)18(21)16-7-5-6-8-17(16)19-24(22,23)15-11-9-14(2)10-12-15/h4,9-12,16-17,19H,1,5-8,13H2,2-3H3/t16-,17+/m1/s1. The first-order valence-electron chi connectivity index (χ1n) is 8.30. The highest BCUT2D eigenvalue weighted by Gasteiger charge is 2.35. The monoisotopic (exact) mass is 350 g/mol. The Morgan fingerprint density at radius 1 is 1.29 bits per heavy atom. The second kappa shape index (κ2) is 7.94. The van der Waals surface area contributed by atoms with Crippen LogP contribution in [0, 0.1) is 12.8 Å². The summed E-state index contributed by atoms with van der Waals surface area (Å²) in [5.74, 6) is -0.338. The second-order valence-corrected chi connectivity index (χ2v) is 8.15. The van der Waals surface area contributed by atoms with Crippen molar-refractivity contribution in [3.63, 3.8) is 0 Å². The van der Waals surface area contributed by atoms with Gasteiger partial charge in [0.05, 0.1) is 10.8 Å². The quantitative estimate of drug-likeness (QED) is 0.802. The van der Waals surface area contributed by atoms with Crippen molar-refractivity contribution in [2.24, 2.45) is 5.92 Å². The third-order valence-corrected chi connectivity index (χ3v) is 6.01. The van der Waals surface area contributed by atoms with Crippen LogP contribution in [0.5, 0.6) is 0 Å². The maximum Gasteiger partial charge on any atom is 0.240 e. The molecule has 1 amide bonds. The number of aryl methyl sites for hydroxylation is 1. The average molecular weight is 350 g/mol. The van der Waals surface area contributed by atoms with Crippen LogP contribution in [-0.4, -0.2) is 38.9 Å². The lowest BCUT2D eigenvalue weighted by molar-refractivity contribution is -0.135. The van der Waals surface area contributed by atoms with Crippen molar-refractivity contribution in [1.29, 1.82) is 0 Å². The summed E-state index contributed by atoms with van der Waals surface area (Å²) in [4.78, 5) is 14.5. The van der Waals surface area contributed by atoms with E-state index in [0.29, 0.717) is 19.4 Å². The number of sulfonamides is 1. The van der Waals surface area contributed by atoms with Gasteiger partial charge < -0.3 is 4.90 Å². The van der Waals surface area contributed by atoms with Crippen molar-refractivity contribution in [3.8, 4) is 0 Å². The molecule has 0 radical (unpaired) electrons. The Kier molecular flexibility index (Phi) is 6.18. The Bertz CT molecular complexity index is 683. The number of nitrogens with one attached hydrogen (secondary N) is 1. The highest BCUT2D eigenvalue weighted by Crippen LogP contribution is 2.27. The summed E-state index contributed by atoms with van der Waals surface area (Å²) in [7, 11) is -1.90. The fourth-order valence-electron chi connectivity index (χ4n) is 3.12. The Morgan fingerprint density at radius 2 is 1.92 bits per heavy atom. The summed E-state index contributed by atoms with van der Waals surface area (Å²) in [6.45, 7) is 6.02. The Hall–Kier alpha value is -1.66. The molecule has 1 aliphatic rings. The molecule has 1 saturated carbocycles. The van der Waals surface area contributed by atoms with E-state index in [1.807, 2.05) is 6.92 Å². The van der Waals surface area contributed by atoms with Gasteiger partial charge in [-0.05, 0) is 31.9 Å². The van der Waals surface area contributed by atoms with Gasteiger partial charge in [-0.15, -0.1) is 6.58 Å². The van der Waals surface area contributed by atoms with Gasteiger partial charge in [0, 0.05) is 19.6 Å². The molecule has 1 aromatic carbocycles. The van der Waals surface area contributed by atoms with Gasteiger partial charge in [-0.1, -0.05) is 36.6 Å². The molecule has 1 fully saturated rings. The van der Waals surface area contributed by atoms with Gasteiger partial charge in [-0.3, -0.25) is 4.79 Å². The van der Waals surface area contributed by atoms with Crippen LogP contribution in [0.15, 0.2) is 41.8 Å². The molecule has 1 N–H and O–H groups in total. The van der Waals surface area contributed by atoms with Crippen molar-refractivity contribution in [1.82, 2.24) is 9.62 Å². The van der Waals surface area contributed by atoms with Crippen LogP contribution in [0.1, 0.15) is 31.2 Å². The van der Waals surface area contributed by atoms with Crippen LogP contribution in [0.2, 0.25) is 0 Å². The zero-order chi connectivity index (χ0) is 17.7. The summed E-state index contributed by atoms with van der Waals surface area (Å²) < 4.78 is 28.0. The van der Waals surface area contributed by atoms with Crippen LogP contribution in [-0.2, 0) is 14.8 Å². The third-order valence-electron chi connectivity index (χ3n) is 4.50. The fraction of sp³-hybridized carbons (Fsp3) is 0.500. The molecule has 132 valence electrons. The summed E-state index contributed by atoms with van der Waals surface area (Å²) in [6.07, 6.45) is 4.94. The minimum Gasteiger partial charge on any atom is -0.342 e. The van der Waals surface area contributed by atoms with Crippen LogP contribution >= 0.6 is 0 Å². The number of hydrogen-bond donors (Lipinski definition) is 1. The minimum atomic E-state index is -3.62. The molecular weight excluding hydrogens is 324 g/mol. The van der Waals surface area contributed by atoms with Gasteiger partial charge >= 0.3 is 0 Å². The number of carbonyl (C=O) groups excluding carboxylic acids is 1. The zero-order valence-corrected chi connectivity index (χ0v) is 15.2. The molecule has 2 rings (SSSR count). The number of amides is 1. The van der Waals surface area contributed by atoms with E-state index in [4.69, 9.17) is 0 Å². The van der Waals surface area contributed by atoms with Crippen LogP contribution in [0.3, 0.4) is 0 Å². The van der Waals surface area contributed by atoms with E-state index in [0.717, 1.165) is 18.4 Å². The molecule has 5 nitrogen and oxygen atoms in total. The first kappa shape index (κ1) is 18.7. The molecule has 1 aliphatic carbocycles. The summed E-state index contributed by atoms with van der Waals surface area (Å²) in [5.41, 5.74) is 1.01. The van der Waals surface area contributed by atoms with Crippen molar-refractivity contribution in [2.45, 2.75) is 43.5 Å². The van der Waals surface area contributed by atoms with E-state index >= 15 is 0 Å². The lowest BCUT2D eigenvalue weighted by Gasteiger charge is -2.33. The maximum absolute atomic E-state index is 12.6. The first-order chi connectivity index (χ1) is 11.3. The lowest BCUT2D eigenvalue weighted by Crippen LogP contribution is -2.48. The van der Waals surface area contributed by atoms with E-state index in [9.17, 15) is 13.2 Å². The third kappa shape index (κ3) is 4.45. The van der Waals surface area contributed by atoms with E-state index < -0.39 is 10.0 Å². The molecule has 0 heterocycles. The molecule has 0 unspecified atom stereocenters. The van der Waals surface area contributed by atoms with E-state index in [-0.39, 0.29) is 22.8 Å². The molecule has 0 spiro atoms. The van der Waals surface area contributed by atoms with Gasteiger partial charge in [0.25, 0.3) is 0 Å². The van der Waals surface area contributed by atoms with Gasteiger partial charge in [-0.25, -0.2) is 13.1 Å². The fourth-order valence-corrected chi connectivity index (χ4v) is 4.43. The Balaban J connectivity index is 2.17. The second-order valence-electron chi connectivity index (χ2n) is 6.44. The summed E-state index contributed by atoms with van der Waals surface area (Å²) >= 11 is 0. The number of hydrogen-bond acceptors (Lipinski definition) is 3. The largest absolute Gasteiger partial charge is 0.342 e. The summed E-state index contributed by atoms with van der Waals surface area (Å²) in [5, 5.41) is 0. The lowest BCUT2D eigenvalue weighted by atomic mass is 9.84. The number of nitrogens with zero attached hydrogens (tertiary/aromatic N) is 1. The molecule has 6 heteroatoms. The van der Waals surface area contributed by atoms with Crippen LogP contribution in [0.4, 0.5) is 0 Å². The predicted octanol–water partition coefficient (Wildman–Crippen LogP) is 2.48. The van der Waals surface area contributed by atoms with Crippen molar-refractivity contribution < 1.29 is 13.2 Å². The predicted molar refractivity (Wildman–Crippen MR) is 95.1 cm³/mol. The van der Waals surface area contributed by atoms with Gasteiger partial charge in [-0.2, -0.15) is 0 Å². The molecule has 1 aromatic rings. The molecule has 0 bridgehead atoms. The van der Waals surface area contributed by atoms with E-state index in [2.05, 4.69) is 11.3 Å². The van der Waals surface area contributed by atoms with E-state index in [1.165, 1.54) is 0 Å². The number of carbonyl (C=O) groups is 1. The zero-order valence-electron chi connectivity index (χ0n) is 14.4. The highest BCUT2D eigenvalue weighted by molar-refractivity contribution is 7.89. The molecule has 0 saturated heterocycles. The minimum absolute atomic E-state index is 0.0220. The highest BCUT2D eigenvalue weighted by atomic mass is 32.2. The Labute approximate surface area is 144 Å². The van der Waals surface area contributed by atoms with Gasteiger partial charge in [0.15, 0.2) is 0 Å². The van der Waals surface area contributed by atoms with Gasteiger partial charge in [0.2, 0.25) is 15.9 Å². The summed E-state index contributed by atoms with van der Waals surface area (Å²) in [6, 6.07) is 6.39. The molecular formula is C18H26N2O3S. The molecule has 2 atom stereocenters. The normalized spacial score (nSPS) is 21.2. The van der Waals surface area contributed by atoms with Crippen molar-refractivity contribution >= 4 is 15.9 Å². The molecule has 0 aromatic heterocycles. The maximum atomic E-state index is 12.6. The number of rotatable bonds is 6. The first-order valence-corrected chi connectivity index (χ1v) is 9.78. The van der Waals surface area contributed by atoms with Crippen LogP contribution in [0.25, 0.3) is 0 Å². The average Bonchev–Trinajstić information content (AvgIpc) is 2.55. The number of benzene rings is 1. The van der Waals surface area contributed by atoms with Crippen molar-refractivity contribution in [3.05, 3.63) is 42.5 Å². The molecule has 24 heavy (non-hydrogen) atoms. The van der Waals surface area contributed by atoms with Crippen LogP contribution < -0.4 is 4.72 Å². The van der Waals surface area contributed by atoms with E-state index in [1.54, 1.807) is 42.3 Å². The molecule has 0 aliphatic heterocycles. The number of likely N-dealkylation sites (N-methyl/N-ethyl adjacent to an activating group) is 1. The smallest absolute Gasteiger partial charge is 0.240 e. The van der Waals surface area contributed by atoms with Gasteiger partial charge in [0.1, 0.15) is 0 Å². The topological polar surface area (TPSA) is 66.5 Å². The Morgan fingerprint density at radius 3 is 2.54 bits per heavy atom. The van der Waals surface area contributed by atoms with Crippen molar-refractivity contribution in [2.75, 3.05) is 13.6 Å². The SMILES string of the molecule is C=CCN(C)C(=O)[C@@H]1CCCC[C@@H]1NS(=O)(=O)c1ccc(C)cc1.